The molecule has 2 N–H and O–H groups in total. The Balaban J connectivity index is 1.48. The summed E-state index contributed by atoms with van der Waals surface area (Å²) in [6, 6.07) is 18.0. The average molecular weight is 407 g/mol. The molecule has 7 heteroatoms. The van der Waals surface area contributed by atoms with Gasteiger partial charge in [0.25, 0.3) is 5.43 Å². The van der Waals surface area contributed by atoms with Gasteiger partial charge in [0.05, 0.1) is 11.4 Å². The minimum Gasteiger partial charge on any atom is -0.551 e. The summed E-state index contributed by atoms with van der Waals surface area (Å²) in [6.45, 7) is -2.62. The Morgan fingerprint density at radius 1 is 0.871 bits per heavy atom. The zero-order chi connectivity index (χ0) is 20.4. The number of benzene rings is 3. The summed E-state index contributed by atoms with van der Waals surface area (Å²) in [6.07, 6.45) is 9.34. The van der Waals surface area contributed by atoms with Crippen molar-refractivity contribution >= 4 is 40.5 Å². The minimum atomic E-state index is -2.62. The Bertz CT molecular complexity index is 1540. The smallest absolute Gasteiger partial charge is 0.551 e. The predicted octanol–water partition coefficient (Wildman–Crippen LogP) is 2.50. The second kappa shape index (κ2) is 5.89. The lowest BCUT2D eigenvalue weighted by Crippen LogP contribution is -2.65. The number of hydrogen-bond donors (Lipinski definition) is 2. The Hall–Kier alpha value is -4.26. The third-order valence-corrected chi connectivity index (χ3v) is 5.77. The first-order valence-corrected chi connectivity index (χ1v) is 10.1. The van der Waals surface area contributed by atoms with Crippen molar-refractivity contribution in [2.45, 2.75) is 0 Å². The first-order chi connectivity index (χ1) is 15.3. The Morgan fingerprint density at radius 2 is 1.77 bits per heavy atom. The van der Waals surface area contributed by atoms with Crippen LogP contribution < -0.4 is 15.1 Å². The van der Waals surface area contributed by atoms with Gasteiger partial charge in [-0.25, -0.2) is 4.99 Å². The molecule has 7 rings (SSSR count). The molecule has 3 aliphatic heterocycles. The predicted molar refractivity (Wildman–Crippen MR) is 119 cm³/mol. The van der Waals surface area contributed by atoms with E-state index in [0.29, 0.717) is 22.7 Å². The van der Waals surface area contributed by atoms with E-state index in [1.54, 1.807) is 0 Å². The number of allylic oxidation sites excluding steroid dienone is 3. The van der Waals surface area contributed by atoms with Gasteiger partial charge in [-0.05, 0) is 35.0 Å². The summed E-state index contributed by atoms with van der Waals surface area (Å²) in [4.78, 5) is 6.36. The maximum absolute atomic E-state index is 6.34. The average Bonchev–Trinajstić information content (AvgIpc) is 3.51. The SMILES string of the molecule is C1=C/C(=C2\C=C(c3ccc[nH]3)O[B-]3(O2)Oc2ccc4cccc5ccc(c2c45)=[O+]3)[NH+]=C1. The highest BCUT2D eigenvalue weighted by atomic mass is 16.9. The summed E-state index contributed by atoms with van der Waals surface area (Å²) in [5.41, 5.74) is 2.28. The van der Waals surface area contributed by atoms with Crippen LogP contribution in [0.5, 0.6) is 5.75 Å². The number of hydrogen-bond acceptors (Lipinski definition) is 3. The lowest BCUT2D eigenvalue weighted by Gasteiger charge is -2.34. The Kier molecular flexibility index (Phi) is 3.14. The monoisotopic (exact) mass is 407 g/mol. The van der Waals surface area contributed by atoms with Crippen molar-refractivity contribution in [1.29, 1.82) is 0 Å². The van der Waals surface area contributed by atoms with Crippen LogP contribution in [0.25, 0.3) is 27.3 Å². The number of aromatic amines is 1. The molecular formula is C24H16BN2O4+. The molecule has 0 amide bonds. The van der Waals surface area contributed by atoms with E-state index in [0.717, 1.165) is 32.9 Å². The van der Waals surface area contributed by atoms with E-state index in [-0.39, 0.29) is 0 Å². The number of rotatable bonds is 1. The molecule has 4 heterocycles. The van der Waals surface area contributed by atoms with E-state index < -0.39 is 6.96 Å². The fourth-order valence-electron chi connectivity index (χ4n) is 4.42. The lowest BCUT2D eigenvalue weighted by atomic mass is 9.95. The summed E-state index contributed by atoms with van der Waals surface area (Å²) in [7, 11) is 0. The van der Waals surface area contributed by atoms with Crippen LogP contribution >= 0.6 is 0 Å². The Labute approximate surface area is 176 Å². The van der Waals surface area contributed by atoms with Gasteiger partial charge in [0.1, 0.15) is 11.1 Å². The van der Waals surface area contributed by atoms with E-state index in [9.17, 15) is 0 Å². The van der Waals surface area contributed by atoms with Gasteiger partial charge in [-0.3, -0.25) is 0 Å². The van der Waals surface area contributed by atoms with Gasteiger partial charge >= 0.3 is 6.96 Å². The highest BCUT2D eigenvalue weighted by Gasteiger charge is 2.62. The zero-order valence-corrected chi connectivity index (χ0v) is 16.3. The fraction of sp³-hybridized carbons (Fsp3) is 0. The molecule has 0 fully saturated rings. The summed E-state index contributed by atoms with van der Waals surface area (Å²) in [5, 5.41) is 4.29. The molecule has 148 valence electrons. The van der Waals surface area contributed by atoms with E-state index in [4.69, 9.17) is 18.3 Å². The van der Waals surface area contributed by atoms with Crippen LogP contribution in [0.2, 0.25) is 0 Å². The second-order valence-corrected chi connectivity index (χ2v) is 7.67. The molecule has 3 aromatic carbocycles. The topological polar surface area (TPSA) is 68.8 Å². The highest BCUT2D eigenvalue weighted by molar-refractivity contribution is 6.66. The lowest BCUT2D eigenvalue weighted by molar-refractivity contribution is -0.383. The van der Waals surface area contributed by atoms with E-state index in [1.165, 1.54) is 0 Å². The standard InChI is InChI=1S/C24H15BN2O4/c1-4-15-8-10-19-24-20(11-9-16(5-1)23(15)24)29-25(28-19)30-21(17-6-2-12-26-17)14-22(31-25)18-7-3-13-27-18/h1-14,26H/p+1/b22-18-. The van der Waals surface area contributed by atoms with Gasteiger partial charge in [-0.15, -0.1) is 0 Å². The second-order valence-electron chi connectivity index (χ2n) is 7.67. The molecule has 0 radical (unpaired) electrons. The molecule has 3 aliphatic rings. The quantitative estimate of drug-likeness (QED) is 0.377. The van der Waals surface area contributed by atoms with Gasteiger partial charge in [0, 0.05) is 35.9 Å². The summed E-state index contributed by atoms with van der Waals surface area (Å²) < 4.78 is 25.2. The van der Waals surface area contributed by atoms with Gasteiger partial charge in [-0.1, -0.05) is 24.3 Å². The van der Waals surface area contributed by atoms with Crippen molar-refractivity contribution in [2.24, 2.45) is 0 Å². The fourth-order valence-corrected chi connectivity index (χ4v) is 4.42. The molecule has 6 nitrogen and oxygen atoms in total. The van der Waals surface area contributed by atoms with Crippen molar-refractivity contribution in [2.75, 3.05) is 0 Å². The number of nitrogens with one attached hydrogen (secondary N) is 2. The normalized spacial score (nSPS) is 23.5. The van der Waals surface area contributed by atoms with Crippen molar-refractivity contribution in [3.8, 4) is 5.75 Å². The first kappa shape index (κ1) is 16.5. The van der Waals surface area contributed by atoms with Crippen LogP contribution in [-0.2, 0) is 9.31 Å². The highest BCUT2D eigenvalue weighted by Crippen LogP contribution is 2.39. The molecule has 1 unspecified atom stereocenters. The zero-order valence-electron chi connectivity index (χ0n) is 16.3. The van der Waals surface area contributed by atoms with E-state index >= 15 is 0 Å². The molecule has 1 aromatic heterocycles. The first-order valence-electron chi connectivity index (χ1n) is 10.1. The summed E-state index contributed by atoms with van der Waals surface area (Å²) >= 11 is 0. The molecule has 0 aliphatic carbocycles. The van der Waals surface area contributed by atoms with Crippen molar-refractivity contribution in [3.05, 3.63) is 106 Å². The van der Waals surface area contributed by atoms with Crippen molar-refractivity contribution < 1.29 is 19.0 Å². The van der Waals surface area contributed by atoms with Crippen LogP contribution in [0.15, 0.2) is 94.8 Å². The van der Waals surface area contributed by atoms with Crippen molar-refractivity contribution in [1.82, 2.24) is 4.98 Å². The third-order valence-electron chi connectivity index (χ3n) is 5.77. The summed E-state index contributed by atoms with van der Waals surface area (Å²) in [5.74, 6) is 1.82. The van der Waals surface area contributed by atoms with Crippen molar-refractivity contribution in [3.63, 3.8) is 0 Å². The third kappa shape index (κ3) is 2.40. The molecular weight excluding hydrogens is 391 g/mol. The van der Waals surface area contributed by atoms with Gasteiger partial charge in [-0.2, -0.15) is 0 Å². The van der Waals surface area contributed by atoms with E-state index in [1.807, 2.05) is 73.1 Å². The van der Waals surface area contributed by atoms with Crippen LogP contribution in [-0.4, -0.2) is 18.2 Å². The molecule has 4 aromatic rings. The minimum absolute atomic E-state index is 0.575. The molecule has 0 saturated heterocycles. The van der Waals surface area contributed by atoms with E-state index in [2.05, 4.69) is 22.1 Å². The maximum Gasteiger partial charge on any atom is 1.04 e. The largest absolute Gasteiger partial charge is 1.04 e. The molecule has 1 spiro atoms. The van der Waals surface area contributed by atoms with Crippen LogP contribution in [0.1, 0.15) is 5.69 Å². The van der Waals surface area contributed by atoms with Crippen LogP contribution in [0, 0.1) is 0 Å². The van der Waals surface area contributed by atoms with Gasteiger partial charge in [0.15, 0.2) is 12.0 Å². The number of H-pyrrole nitrogens is 1. The molecule has 0 saturated carbocycles. The van der Waals surface area contributed by atoms with Gasteiger partial charge in [0.2, 0.25) is 5.70 Å². The molecule has 0 bridgehead atoms. The molecule has 31 heavy (non-hydrogen) atoms. The van der Waals surface area contributed by atoms with Crippen LogP contribution in [0.3, 0.4) is 0 Å². The Morgan fingerprint density at radius 3 is 2.58 bits per heavy atom. The van der Waals surface area contributed by atoms with Crippen LogP contribution in [0.4, 0.5) is 0 Å². The number of aromatic nitrogens is 1. The van der Waals surface area contributed by atoms with Gasteiger partial charge < -0.3 is 23.3 Å². The molecule has 1 atom stereocenters. The maximum atomic E-state index is 6.34.